The molecule has 0 unspecified atom stereocenters. The Kier molecular flexibility index (Phi) is 4.69. The molecular weight excluding hydrogens is 360 g/mol. The van der Waals surface area contributed by atoms with Crippen molar-refractivity contribution in [3.63, 3.8) is 0 Å². The number of anilines is 1. The summed E-state index contributed by atoms with van der Waals surface area (Å²) in [6.07, 6.45) is 1.67. The van der Waals surface area contributed by atoms with Gasteiger partial charge in [0.05, 0.1) is 12.7 Å². The lowest BCUT2D eigenvalue weighted by molar-refractivity contribution is -0.116. The summed E-state index contributed by atoms with van der Waals surface area (Å²) in [5, 5.41) is 9.08. The second-order valence-electron chi connectivity index (χ2n) is 6.44. The van der Waals surface area contributed by atoms with Crippen LogP contribution in [0.5, 0.6) is 0 Å². The van der Waals surface area contributed by atoms with Crippen molar-refractivity contribution in [3.05, 3.63) is 83.1 Å². The standard InChI is InChI=1S/C21H19ClN4O/c1-15-12-16-6-3-5-9-19(16)25(15)14-21(27)24-20-10-11-23-26(20)13-17-7-2-4-8-18(17)22/h2-12H,13-14H2,1H3,(H,24,27). The number of benzene rings is 2. The first kappa shape index (κ1) is 17.4. The van der Waals surface area contributed by atoms with Crippen molar-refractivity contribution < 1.29 is 4.79 Å². The predicted molar refractivity (Wildman–Crippen MR) is 108 cm³/mol. The third-order valence-electron chi connectivity index (χ3n) is 4.58. The Hall–Kier alpha value is -3.05. The zero-order chi connectivity index (χ0) is 18.8. The van der Waals surface area contributed by atoms with Crippen molar-refractivity contribution in [1.29, 1.82) is 0 Å². The topological polar surface area (TPSA) is 51.9 Å². The highest BCUT2D eigenvalue weighted by Gasteiger charge is 2.12. The summed E-state index contributed by atoms with van der Waals surface area (Å²) in [6, 6.07) is 19.5. The summed E-state index contributed by atoms with van der Waals surface area (Å²) >= 11 is 6.24. The molecule has 2 aromatic carbocycles. The van der Waals surface area contributed by atoms with E-state index in [0.717, 1.165) is 22.2 Å². The molecule has 27 heavy (non-hydrogen) atoms. The highest BCUT2D eigenvalue weighted by molar-refractivity contribution is 6.31. The maximum Gasteiger partial charge on any atom is 0.245 e. The zero-order valence-electron chi connectivity index (χ0n) is 14.9. The second-order valence-corrected chi connectivity index (χ2v) is 6.85. The zero-order valence-corrected chi connectivity index (χ0v) is 15.6. The molecular formula is C21H19ClN4O. The summed E-state index contributed by atoms with van der Waals surface area (Å²) < 4.78 is 3.75. The number of carbonyl (C=O) groups is 1. The number of rotatable bonds is 5. The van der Waals surface area contributed by atoms with Crippen LogP contribution in [0.15, 0.2) is 66.9 Å². The summed E-state index contributed by atoms with van der Waals surface area (Å²) in [6.45, 7) is 2.75. The molecule has 2 heterocycles. The van der Waals surface area contributed by atoms with Crippen molar-refractivity contribution in [2.24, 2.45) is 0 Å². The first-order valence-electron chi connectivity index (χ1n) is 8.72. The van der Waals surface area contributed by atoms with Gasteiger partial charge in [0.2, 0.25) is 5.91 Å². The van der Waals surface area contributed by atoms with E-state index in [-0.39, 0.29) is 12.5 Å². The monoisotopic (exact) mass is 378 g/mol. The van der Waals surface area contributed by atoms with Crippen molar-refractivity contribution in [2.75, 3.05) is 5.32 Å². The molecule has 0 atom stereocenters. The van der Waals surface area contributed by atoms with E-state index >= 15 is 0 Å². The molecule has 0 aliphatic heterocycles. The number of aryl methyl sites for hydroxylation is 1. The van der Waals surface area contributed by atoms with Crippen molar-refractivity contribution in [2.45, 2.75) is 20.0 Å². The van der Waals surface area contributed by atoms with Crippen LogP contribution in [0.25, 0.3) is 10.9 Å². The van der Waals surface area contributed by atoms with E-state index < -0.39 is 0 Å². The maximum atomic E-state index is 12.6. The van der Waals surface area contributed by atoms with Gasteiger partial charge in [-0.15, -0.1) is 0 Å². The van der Waals surface area contributed by atoms with E-state index in [0.29, 0.717) is 17.4 Å². The minimum atomic E-state index is -0.0969. The van der Waals surface area contributed by atoms with Gasteiger partial charge >= 0.3 is 0 Å². The Morgan fingerprint density at radius 3 is 2.74 bits per heavy atom. The Morgan fingerprint density at radius 1 is 1.11 bits per heavy atom. The molecule has 0 saturated heterocycles. The number of nitrogens with one attached hydrogen (secondary N) is 1. The molecule has 1 amide bonds. The molecule has 1 N–H and O–H groups in total. The molecule has 136 valence electrons. The van der Waals surface area contributed by atoms with E-state index in [2.05, 4.69) is 22.5 Å². The Balaban J connectivity index is 1.52. The summed E-state index contributed by atoms with van der Waals surface area (Å²) in [5.74, 6) is 0.550. The van der Waals surface area contributed by atoms with Gasteiger partial charge in [0.1, 0.15) is 12.4 Å². The number of hydrogen-bond donors (Lipinski definition) is 1. The van der Waals surface area contributed by atoms with E-state index in [1.54, 1.807) is 16.9 Å². The van der Waals surface area contributed by atoms with Gasteiger partial charge in [-0.3, -0.25) is 4.79 Å². The fourth-order valence-electron chi connectivity index (χ4n) is 3.24. The van der Waals surface area contributed by atoms with Gasteiger partial charge in [0.15, 0.2) is 0 Å². The number of para-hydroxylation sites is 1. The van der Waals surface area contributed by atoms with Crippen LogP contribution in [-0.2, 0) is 17.9 Å². The Labute approximate surface area is 162 Å². The van der Waals surface area contributed by atoms with Crippen LogP contribution >= 0.6 is 11.6 Å². The predicted octanol–water partition coefficient (Wildman–Crippen LogP) is 4.49. The fourth-order valence-corrected chi connectivity index (χ4v) is 3.43. The van der Waals surface area contributed by atoms with Gasteiger partial charge in [0.25, 0.3) is 0 Å². The molecule has 4 aromatic rings. The van der Waals surface area contributed by atoms with Crippen molar-refractivity contribution >= 4 is 34.2 Å². The second kappa shape index (κ2) is 7.29. The van der Waals surface area contributed by atoms with Gasteiger partial charge in [-0.2, -0.15) is 5.10 Å². The number of halogens is 1. The van der Waals surface area contributed by atoms with Gasteiger partial charge < -0.3 is 9.88 Å². The first-order chi connectivity index (χ1) is 13.1. The first-order valence-corrected chi connectivity index (χ1v) is 9.09. The number of amides is 1. The lowest BCUT2D eigenvalue weighted by Gasteiger charge is -2.12. The molecule has 0 fully saturated rings. The maximum absolute atomic E-state index is 12.6. The molecule has 0 aliphatic carbocycles. The van der Waals surface area contributed by atoms with Gasteiger partial charge in [0, 0.05) is 22.3 Å². The minimum absolute atomic E-state index is 0.0969. The fraction of sp³-hybridized carbons (Fsp3) is 0.143. The number of hydrogen-bond acceptors (Lipinski definition) is 2. The largest absolute Gasteiger partial charge is 0.335 e. The number of nitrogens with zero attached hydrogens (tertiary/aromatic N) is 3. The average Bonchev–Trinajstić information content (AvgIpc) is 3.21. The van der Waals surface area contributed by atoms with Gasteiger partial charge in [-0.05, 0) is 36.1 Å². The third kappa shape index (κ3) is 3.59. The Morgan fingerprint density at radius 2 is 1.89 bits per heavy atom. The minimum Gasteiger partial charge on any atom is -0.335 e. The van der Waals surface area contributed by atoms with Crippen LogP contribution in [0.1, 0.15) is 11.3 Å². The van der Waals surface area contributed by atoms with Crippen LogP contribution in [0, 0.1) is 6.92 Å². The highest BCUT2D eigenvalue weighted by Crippen LogP contribution is 2.20. The molecule has 0 saturated carbocycles. The Bertz CT molecular complexity index is 1110. The van der Waals surface area contributed by atoms with E-state index in [1.165, 1.54) is 0 Å². The molecule has 4 rings (SSSR count). The van der Waals surface area contributed by atoms with E-state index in [4.69, 9.17) is 11.6 Å². The van der Waals surface area contributed by atoms with Crippen LogP contribution in [0.4, 0.5) is 5.82 Å². The summed E-state index contributed by atoms with van der Waals surface area (Å²) in [5.41, 5.74) is 3.05. The number of carbonyl (C=O) groups excluding carboxylic acids is 1. The van der Waals surface area contributed by atoms with E-state index in [1.807, 2.05) is 54.0 Å². The smallest absolute Gasteiger partial charge is 0.245 e. The lowest BCUT2D eigenvalue weighted by atomic mass is 10.2. The van der Waals surface area contributed by atoms with Crippen LogP contribution in [0.3, 0.4) is 0 Å². The molecule has 2 aromatic heterocycles. The summed E-state index contributed by atoms with van der Waals surface area (Å²) in [7, 11) is 0. The van der Waals surface area contributed by atoms with Gasteiger partial charge in [-0.25, -0.2) is 4.68 Å². The molecule has 0 bridgehead atoms. The van der Waals surface area contributed by atoms with Crippen LogP contribution in [-0.4, -0.2) is 20.3 Å². The molecule has 0 spiro atoms. The van der Waals surface area contributed by atoms with Gasteiger partial charge in [-0.1, -0.05) is 48.0 Å². The lowest BCUT2D eigenvalue weighted by Crippen LogP contribution is -2.21. The van der Waals surface area contributed by atoms with Crippen molar-refractivity contribution in [3.8, 4) is 0 Å². The third-order valence-corrected chi connectivity index (χ3v) is 4.95. The molecule has 6 heteroatoms. The quantitative estimate of drug-likeness (QED) is 0.556. The molecule has 5 nitrogen and oxygen atoms in total. The SMILES string of the molecule is Cc1cc2ccccc2n1CC(=O)Nc1ccnn1Cc1ccccc1Cl. The van der Waals surface area contributed by atoms with Crippen molar-refractivity contribution in [1.82, 2.24) is 14.3 Å². The van der Waals surface area contributed by atoms with E-state index in [9.17, 15) is 4.79 Å². The normalized spacial score (nSPS) is 11.0. The van der Waals surface area contributed by atoms with Crippen LogP contribution < -0.4 is 5.32 Å². The highest BCUT2D eigenvalue weighted by atomic mass is 35.5. The molecule has 0 aliphatic rings. The average molecular weight is 379 g/mol. The summed E-state index contributed by atoms with van der Waals surface area (Å²) in [4.78, 5) is 12.6. The number of aromatic nitrogens is 3. The number of fused-ring (bicyclic) bond motifs is 1. The van der Waals surface area contributed by atoms with Crippen LogP contribution in [0.2, 0.25) is 5.02 Å². The molecule has 0 radical (unpaired) electrons.